The van der Waals surface area contributed by atoms with Gasteiger partial charge in [-0.2, -0.15) is 11.8 Å². The highest BCUT2D eigenvalue weighted by molar-refractivity contribution is 8.00. The molecule has 2 rings (SSSR count). The molecule has 1 aliphatic rings. The summed E-state index contributed by atoms with van der Waals surface area (Å²) in [6.45, 7) is 0. The van der Waals surface area contributed by atoms with E-state index in [4.69, 9.17) is 0 Å². The summed E-state index contributed by atoms with van der Waals surface area (Å²) in [5, 5.41) is 0.635. The molecular formula is C9H9FS. The normalized spacial score (nSPS) is 22.8. The van der Waals surface area contributed by atoms with Crippen LogP contribution < -0.4 is 0 Å². The summed E-state index contributed by atoms with van der Waals surface area (Å²) in [5.41, 5.74) is 1.27. The Morgan fingerprint density at radius 2 is 1.91 bits per heavy atom. The van der Waals surface area contributed by atoms with Crippen LogP contribution in [0.4, 0.5) is 4.39 Å². The predicted octanol–water partition coefficient (Wildman–Crippen LogP) is 3.00. The third kappa shape index (κ3) is 1.41. The molecule has 11 heavy (non-hydrogen) atoms. The smallest absolute Gasteiger partial charge is 0.123 e. The van der Waals surface area contributed by atoms with Gasteiger partial charge < -0.3 is 0 Å². The van der Waals surface area contributed by atoms with E-state index in [0.717, 1.165) is 0 Å². The first kappa shape index (κ1) is 7.17. The van der Waals surface area contributed by atoms with Gasteiger partial charge in [-0.3, -0.25) is 0 Å². The highest BCUT2D eigenvalue weighted by Crippen LogP contribution is 2.41. The van der Waals surface area contributed by atoms with E-state index >= 15 is 0 Å². The molecule has 0 amide bonds. The number of halogens is 1. The van der Waals surface area contributed by atoms with E-state index < -0.39 is 0 Å². The zero-order valence-corrected chi connectivity index (χ0v) is 6.90. The molecule has 0 aliphatic carbocycles. The molecule has 1 aromatic carbocycles. The van der Waals surface area contributed by atoms with Crippen molar-refractivity contribution in [2.24, 2.45) is 0 Å². The maximum Gasteiger partial charge on any atom is 0.123 e. The lowest BCUT2D eigenvalue weighted by Gasteiger charge is -2.24. The van der Waals surface area contributed by atoms with Gasteiger partial charge in [0.05, 0.1) is 0 Å². The Balaban J connectivity index is 2.18. The maximum absolute atomic E-state index is 12.5. The number of hydrogen-bond acceptors (Lipinski definition) is 1. The molecule has 1 unspecified atom stereocenters. The molecule has 0 spiro atoms. The monoisotopic (exact) mass is 168 g/mol. The fourth-order valence-electron chi connectivity index (χ4n) is 1.18. The molecule has 1 fully saturated rings. The Hall–Kier alpha value is -0.500. The highest BCUT2D eigenvalue weighted by atomic mass is 32.2. The van der Waals surface area contributed by atoms with Crippen LogP contribution in [0.15, 0.2) is 24.3 Å². The van der Waals surface area contributed by atoms with E-state index in [1.165, 1.54) is 29.9 Å². The van der Waals surface area contributed by atoms with E-state index in [9.17, 15) is 4.39 Å². The summed E-state index contributed by atoms with van der Waals surface area (Å²) in [4.78, 5) is 0. The van der Waals surface area contributed by atoms with E-state index in [0.29, 0.717) is 5.25 Å². The summed E-state index contributed by atoms with van der Waals surface area (Å²) < 4.78 is 12.5. The van der Waals surface area contributed by atoms with Gasteiger partial charge in [0.25, 0.3) is 0 Å². The summed E-state index contributed by atoms with van der Waals surface area (Å²) in [7, 11) is 0. The van der Waals surface area contributed by atoms with E-state index in [1.54, 1.807) is 0 Å². The second-order valence-electron chi connectivity index (χ2n) is 2.70. The first-order chi connectivity index (χ1) is 5.36. The van der Waals surface area contributed by atoms with Gasteiger partial charge in [0.1, 0.15) is 5.82 Å². The molecule has 58 valence electrons. The Bertz CT molecular complexity index is 238. The first-order valence-corrected chi connectivity index (χ1v) is 4.78. The van der Waals surface area contributed by atoms with Gasteiger partial charge in [-0.25, -0.2) is 4.39 Å². The lowest BCUT2D eigenvalue weighted by atomic mass is 10.1. The van der Waals surface area contributed by atoms with Crippen molar-refractivity contribution < 1.29 is 4.39 Å². The van der Waals surface area contributed by atoms with E-state index in [1.807, 2.05) is 23.9 Å². The molecule has 0 aromatic heterocycles. The average Bonchev–Trinajstić information content (AvgIpc) is 1.90. The SMILES string of the molecule is Fc1ccc(C2CCS2)cc1. The van der Waals surface area contributed by atoms with Gasteiger partial charge >= 0.3 is 0 Å². The van der Waals surface area contributed by atoms with Crippen LogP contribution in [-0.2, 0) is 0 Å². The Morgan fingerprint density at radius 1 is 1.27 bits per heavy atom. The van der Waals surface area contributed by atoms with Gasteiger partial charge in [0.2, 0.25) is 0 Å². The Morgan fingerprint density at radius 3 is 2.36 bits per heavy atom. The number of thioether (sulfide) groups is 1. The van der Waals surface area contributed by atoms with Crippen LogP contribution >= 0.6 is 11.8 Å². The Kier molecular flexibility index (Phi) is 1.86. The molecule has 0 bridgehead atoms. The van der Waals surface area contributed by atoms with Crippen LogP contribution in [0.1, 0.15) is 17.2 Å². The molecule has 1 heterocycles. The minimum Gasteiger partial charge on any atom is -0.207 e. The average molecular weight is 168 g/mol. The lowest BCUT2D eigenvalue weighted by molar-refractivity contribution is 0.626. The van der Waals surface area contributed by atoms with E-state index in [2.05, 4.69) is 0 Å². The minimum atomic E-state index is -0.141. The second-order valence-corrected chi connectivity index (χ2v) is 4.01. The third-order valence-corrected chi connectivity index (χ3v) is 3.32. The second kappa shape index (κ2) is 2.86. The Labute approximate surface area is 69.8 Å². The fraction of sp³-hybridized carbons (Fsp3) is 0.333. The van der Waals surface area contributed by atoms with E-state index in [-0.39, 0.29) is 5.82 Å². The van der Waals surface area contributed by atoms with Crippen molar-refractivity contribution >= 4 is 11.8 Å². The van der Waals surface area contributed by atoms with Crippen molar-refractivity contribution in [1.82, 2.24) is 0 Å². The summed E-state index contributed by atoms with van der Waals surface area (Å²) in [6.07, 6.45) is 1.25. The van der Waals surface area contributed by atoms with Crippen molar-refractivity contribution in [3.8, 4) is 0 Å². The zero-order valence-electron chi connectivity index (χ0n) is 6.09. The molecule has 1 atom stereocenters. The number of benzene rings is 1. The quantitative estimate of drug-likeness (QED) is 0.621. The molecular weight excluding hydrogens is 159 g/mol. The van der Waals surface area contributed by atoms with Gasteiger partial charge in [-0.1, -0.05) is 12.1 Å². The van der Waals surface area contributed by atoms with Crippen molar-refractivity contribution in [2.75, 3.05) is 5.75 Å². The van der Waals surface area contributed by atoms with Crippen LogP contribution in [0.5, 0.6) is 0 Å². The zero-order chi connectivity index (χ0) is 7.68. The van der Waals surface area contributed by atoms with Gasteiger partial charge in [0.15, 0.2) is 0 Å². The molecule has 1 aliphatic heterocycles. The van der Waals surface area contributed by atoms with Gasteiger partial charge in [-0.15, -0.1) is 0 Å². The topological polar surface area (TPSA) is 0 Å². The van der Waals surface area contributed by atoms with Crippen LogP contribution in [0.3, 0.4) is 0 Å². The third-order valence-electron chi connectivity index (χ3n) is 1.94. The molecule has 0 nitrogen and oxygen atoms in total. The summed E-state index contributed by atoms with van der Waals surface area (Å²) in [5.74, 6) is 1.11. The minimum absolute atomic E-state index is 0.141. The molecule has 1 aromatic rings. The maximum atomic E-state index is 12.5. The van der Waals surface area contributed by atoms with Crippen LogP contribution in [0.25, 0.3) is 0 Å². The van der Waals surface area contributed by atoms with Crippen molar-refractivity contribution in [3.05, 3.63) is 35.6 Å². The van der Waals surface area contributed by atoms with Crippen LogP contribution in [0.2, 0.25) is 0 Å². The molecule has 0 N–H and O–H groups in total. The standard InChI is InChI=1S/C9H9FS/c10-8-3-1-7(2-4-8)9-5-6-11-9/h1-4,9H,5-6H2. The van der Waals surface area contributed by atoms with Gasteiger partial charge in [0, 0.05) is 5.25 Å². The highest BCUT2D eigenvalue weighted by Gasteiger charge is 2.19. The molecule has 1 saturated heterocycles. The number of hydrogen-bond donors (Lipinski definition) is 0. The van der Waals surface area contributed by atoms with Crippen molar-refractivity contribution in [1.29, 1.82) is 0 Å². The summed E-state index contributed by atoms with van der Waals surface area (Å²) >= 11 is 1.94. The molecule has 2 heteroatoms. The predicted molar refractivity (Wildman–Crippen MR) is 46.2 cm³/mol. The lowest BCUT2D eigenvalue weighted by Crippen LogP contribution is -2.06. The van der Waals surface area contributed by atoms with Gasteiger partial charge in [-0.05, 0) is 29.9 Å². The largest absolute Gasteiger partial charge is 0.207 e. The van der Waals surface area contributed by atoms with Crippen molar-refractivity contribution in [3.63, 3.8) is 0 Å². The number of rotatable bonds is 1. The first-order valence-electron chi connectivity index (χ1n) is 3.73. The van der Waals surface area contributed by atoms with Crippen LogP contribution in [-0.4, -0.2) is 5.75 Å². The summed E-state index contributed by atoms with van der Waals surface area (Å²) in [6, 6.07) is 6.83. The molecule has 0 saturated carbocycles. The van der Waals surface area contributed by atoms with Crippen LogP contribution in [0, 0.1) is 5.82 Å². The molecule has 0 radical (unpaired) electrons. The fourth-order valence-corrected chi connectivity index (χ4v) is 2.00. The van der Waals surface area contributed by atoms with Crippen molar-refractivity contribution in [2.45, 2.75) is 11.7 Å².